The fourth-order valence-corrected chi connectivity index (χ4v) is 1.31. The molecule has 0 unspecified atom stereocenters. The maximum absolute atomic E-state index is 9.11. The first-order chi connectivity index (χ1) is 5.37. The lowest BCUT2D eigenvalue weighted by atomic mass is 9.94. The molecule has 0 spiro atoms. The molecule has 1 saturated heterocycles. The highest BCUT2D eigenvalue weighted by molar-refractivity contribution is 4.99. The molecule has 2 N–H and O–H groups in total. The molecule has 4 heteroatoms. The lowest BCUT2D eigenvalue weighted by Gasteiger charge is -2.41. The molecule has 1 aliphatic heterocycles. The van der Waals surface area contributed by atoms with E-state index in [1.165, 1.54) is 0 Å². The highest BCUT2D eigenvalue weighted by atomic mass is 16.3. The number of aliphatic hydroxyl groups is 1. The van der Waals surface area contributed by atoms with E-state index in [9.17, 15) is 0 Å². The molecule has 60 valence electrons. The largest absolute Gasteiger partial charge is 0.394 e. The summed E-state index contributed by atoms with van der Waals surface area (Å²) in [5.74, 6) is 0. The molecule has 0 atom stereocenters. The Bertz CT molecular complexity index is 222. The minimum atomic E-state index is -0.163. The monoisotopic (exact) mass is 153 g/mol. The van der Waals surface area contributed by atoms with Gasteiger partial charge in [0, 0.05) is 25.5 Å². The SMILES string of the molecule is OCC1(n2cccn2)CNC1. The van der Waals surface area contributed by atoms with Gasteiger partial charge in [0.05, 0.1) is 6.61 Å². The van der Waals surface area contributed by atoms with Crippen LogP contribution >= 0.6 is 0 Å². The standard InChI is InChI=1S/C7H11N3O/c11-6-7(4-8-5-7)10-3-1-2-9-10/h1-3,8,11H,4-6H2. The van der Waals surface area contributed by atoms with Crippen molar-refractivity contribution in [2.45, 2.75) is 5.54 Å². The third kappa shape index (κ3) is 0.868. The van der Waals surface area contributed by atoms with Crippen LogP contribution in [0.5, 0.6) is 0 Å². The molecule has 0 aromatic carbocycles. The van der Waals surface area contributed by atoms with Crippen LogP contribution in [0.3, 0.4) is 0 Å². The van der Waals surface area contributed by atoms with Gasteiger partial charge in [-0.2, -0.15) is 5.10 Å². The van der Waals surface area contributed by atoms with Crippen LogP contribution in [0.1, 0.15) is 0 Å². The molecule has 0 aliphatic carbocycles. The Labute approximate surface area is 64.8 Å². The van der Waals surface area contributed by atoms with Gasteiger partial charge in [0.25, 0.3) is 0 Å². The van der Waals surface area contributed by atoms with E-state index < -0.39 is 0 Å². The first-order valence-corrected chi connectivity index (χ1v) is 3.69. The van der Waals surface area contributed by atoms with Crippen LogP contribution in [0.25, 0.3) is 0 Å². The molecule has 1 fully saturated rings. The fourth-order valence-electron chi connectivity index (χ4n) is 1.31. The number of nitrogens with one attached hydrogen (secondary N) is 1. The minimum absolute atomic E-state index is 0.154. The summed E-state index contributed by atoms with van der Waals surface area (Å²) in [5, 5.41) is 16.3. The summed E-state index contributed by atoms with van der Waals surface area (Å²) >= 11 is 0. The first kappa shape index (κ1) is 6.82. The number of hydrogen-bond donors (Lipinski definition) is 2. The van der Waals surface area contributed by atoms with Gasteiger partial charge in [0.1, 0.15) is 5.54 Å². The van der Waals surface area contributed by atoms with E-state index in [0.717, 1.165) is 13.1 Å². The predicted molar refractivity (Wildman–Crippen MR) is 40.2 cm³/mol. The molecule has 1 aliphatic rings. The van der Waals surface area contributed by atoms with Crippen molar-refractivity contribution in [2.75, 3.05) is 19.7 Å². The fraction of sp³-hybridized carbons (Fsp3) is 0.571. The average Bonchev–Trinajstić information content (AvgIpc) is 2.39. The number of aliphatic hydroxyl groups excluding tert-OH is 1. The Balaban J connectivity index is 2.25. The number of rotatable bonds is 2. The van der Waals surface area contributed by atoms with E-state index in [4.69, 9.17) is 5.11 Å². The Hall–Kier alpha value is -0.870. The van der Waals surface area contributed by atoms with Crippen molar-refractivity contribution in [3.8, 4) is 0 Å². The zero-order valence-electron chi connectivity index (χ0n) is 6.20. The Morgan fingerprint density at radius 1 is 1.64 bits per heavy atom. The van der Waals surface area contributed by atoms with Gasteiger partial charge in [-0.05, 0) is 6.07 Å². The number of aromatic nitrogens is 2. The van der Waals surface area contributed by atoms with Gasteiger partial charge in [-0.25, -0.2) is 0 Å². The molecule has 0 radical (unpaired) electrons. The van der Waals surface area contributed by atoms with Crippen LogP contribution in [0.15, 0.2) is 18.5 Å². The Morgan fingerprint density at radius 2 is 2.45 bits per heavy atom. The van der Waals surface area contributed by atoms with E-state index in [1.54, 1.807) is 6.20 Å². The second-order valence-electron chi connectivity index (χ2n) is 2.94. The molecule has 11 heavy (non-hydrogen) atoms. The molecule has 1 aromatic rings. The summed E-state index contributed by atoms with van der Waals surface area (Å²) in [4.78, 5) is 0. The summed E-state index contributed by atoms with van der Waals surface area (Å²) < 4.78 is 1.82. The van der Waals surface area contributed by atoms with Crippen LogP contribution in [0.4, 0.5) is 0 Å². The third-order valence-electron chi connectivity index (χ3n) is 2.19. The van der Waals surface area contributed by atoms with Crippen molar-refractivity contribution >= 4 is 0 Å². The average molecular weight is 153 g/mol. The van der Waals surface area contributed by atoms with Crippen molar-refractivity contribution in [1.82, 2.24) is 15.1 Å². The smallest absolute Gasteiger partial charge is 0.110 e. The zero-order valence-corrected chi connectivity index (χ0v) is 6.20. The maximum Gasteiger partial charge on any atom is 0.110 e. The summed E-state index contributed by atoms with van der Waals surface area (Å²) in [6.07, 6.45) is 3.62. The molecular weight excluding hydrogens is 142 g/mol. The van der Waals surface area contributed by atoms with Gasteiger partial charge in [0.15, 0.2) is 0 Å². The molecule has 0 amide bonds. The zero-order chi connectivity index (χ0) is 7.73. The quantitative estimate of drug-likeness (QED) is 0.583. The summed E-state index contributed by atoms with van der Waals surface area (Å²) in [6, 6.07) is 1.87. The van der Waals surface area contributed by atoms with Crippen LogP contribution in [0, 0.1) is 0 Å². The number of nitrogens with zero attached hydrogens (tertiary/aromatic N) is 2. The number of hydrogen-bond acceptors (Lipinski definition) is 3. The van der Waals surface area contributed by atoms with Crippen LogP contribution in [-0.4, -0.2) is 34.6 Å². The molecule has 0 saturated carbocycles. The van der Waals surface area contributed by atoms with Crippen molar-refractivity contribution in [1.29, 1.82) is 0 Å². The highest BCUT2D eigenvalue weighted by Gasteiger charge is 2.38. The van der Waals surface area contributed by atoms with Crippen molar-refractivity contribution in [3.63, 3.8) is 0 Å². The van der Waals surface area contributed by atoms with E-state index >= 15 is 0 Å². The van der Waals surface area contributed by atoms with E-state index in [0.29, 0.717) is 0 Å². The van der Waals surface area contributed by atoms with Gasteiger partial charge in [0.2, 0.25) is 0 Å². The van der Waals surface area contributed by atoms with Gasteiger partial charge < -0.3 is 10.4 Å². The minimum Gasteiger partial charge on any atom is -0.394 e. The molecule has 4 nitrogen and oxygen atoms in total. The van der Waals surface area contributed by atoms with E-state index in [-0.39, 0.29) is 12.1 Å². The molecule has 1 aromatic heterocycles. The van der Waals surface area contributed by atoms with Crippen molar-refractivity contribution < 1.29 is 5.11 Å². The van der Waals surface area contributed by atoms with Crippen LogP contribution < -0.4 is 5.32 Å². The summed E-state index contributed by atoms with van der Waals surface area (Å²) in [7, 11) is 0. The van der Waals surface area contributed by atoms with Crippen LogP contribution in [0.2, 0.25) is 0 Å². The van der Waals surface area contributed by atoms with Gasteiger partial charge >= 0.3 is 0 Å². The Kier molecular flexibility index (Phi) is 1.44. The van der Waals surface area contributed by atoms with Crippen molar-refractivity contribution in [3.05, 3.63) is 18.5 Å². The lowest BCUT2D eigenvalue weighted by molar-refractivity contribution is 0.0662. The normalized spacial score (nSPS) is 21.2. The maximum atomic E-state index is 9.11. The van der Waals surface area contributed by atoms with Gasteiger partial charge in [-0.15, -0.1) is 0 Å². The predicted octanol–water partition coefficient (Wildman–Crippen LogP) is -0.826. The lowest BCUT2D eigenvalue weighted by Crippen LogP contribution is -2.62. The van der Waals surface area contributed by atoms with E-state index in [1.807, 2.05) is 16.9 Å². The van der Waals surface area contributed by atoms with Gasteiger partial charge in [-0.1, -0.05) is 0 Å². The second kappa shape index (κ2) is 2.32. The third-order valence-corrected chi connectivity index (χ3v) is 2.19. The first-order valence-electron chi connectivity index (χ1n) is 3.69. The van der Waals surface area contributed by atoms with Crippen LogP contribution in [-0.2, 0) is 5.54 Å². The van der Waals surface area contributed by atoms with Crippen molar-refractivity contribution in [2.24, 2.45) is 0 Å². The molecule has 2 heterocycles. The highest BCUT2D eigenvalue weighted by Crippen LogP contribution is 2.18. The molecule has 0 bridgehead atoms. The van der Waals surface area contributed by atoms with E-state index in [2.05, 4.69) is 10.4 Å². The molecule has 2 rings (SSSR count). The van der Waals surface area contributed by atoms with Gasteiger partial charge in [-0.3, -0.25) is 4.68 Å². The summed E-state index contributed by atoms with van der Waals surface area (Å²) in [5.41, 5.74) is -0.163. The molecular formula is C7H11N3O. The topological polar surface area (TPSA) is 50.1 Å². The Morgan fingerprint density at radius 3 is 2.82 bits per heavy atom. The summed E-state index contributed by atoms with van der Waals surface area (Å²) in [6.45, 7) is 1.78. The second-order valence-corrected chi connectivity index (χ2v) is 2.94.